The number of H-pyrrole nitrogens is 1. The SMILES string of the molecule is CC#CNC[C@H]1CCc2[nH]c(C)c(C)c2C1=O. The van der Waals surface area contributed by atoms with Crippen LogP contribution in [-0.2, 0) is 6.42 Å². The number of aromatic amines is 1. The van der Waals surface area contributed by atoms with Crippen LogP contribution in [0, 0.1) is 31.7 Å². The number of carbonyl (C=O) groups is 1. The molecule has 1 aromatic heterocycles. The summed E-state index contributed by atoms with van der Waals surface area (Å²) in [6.07, 6.45) is 1.87. The lowest BCUT2D eigenvalue weighted by Crippen LogP contribution is -2.30. The number of Topliss-reactive ketones (excluding diaryl/α,β-unsaturated/α-hetero) is 1. The molecule has 0 saturated carbocycles. The van der Waals surface area contributed by atoms with Crippen molar-refractivity contribution < 1.29 is 4.79 Å². The van der Waals surface area contributed by atoms with Crippen molar-refractivity contribution >= 4 is 5.78 Å². The van der Waals surface area contributed by atoms with E-state index in [0.29, 0.717) is 6.54 Å². The van der Waals surface area contributed by atoms with Gasteiger partial charge in [-0.3, -0.25) is 4.79 Å². The third-order valence-electron chi connectivity index (χ3n) is 3.50. The zero-order chi connectivity index (χ0) is 12.4. The van der Waals surface area contributed by atoms with Crippen LogP contribution in [0.25, 0.3) is 0 Å². The fourth-order valence-electron chi connectivity index (χ4n) is 2.43. The minimum Gasteiger partial charge on any atom is -0.362 e. The molecule has 1 aromatic rings. The van der Waals surface area contributed by atoms with Crippen LogP contribution in [0.15, 0.2) is 0 Å². The molecule has 0 fully saturated rings. The molecule has 0 radical (unpaired) electrons. The Labute approximate surface area is 102 Å². The van der Waals surface area contributed by atoms with Crippen LogP contribution in [0.5, 0.6) is 0 Å². The van der Waals surface area contributed by atoms with Gasteiger partial charge in [-0.15, -0.1) is 0 Å². The number of ketones is 1. The lowest BCUT2D eigenvalue weighted by atomic mass is 9.84. The number of rotatable bonds is 2. The van der Waals surface area contributed by atoms with Crippen molar-refractivity contribution in [3.8, 4) is 12.0 Å². The lowest BCUT2D eigenvalue weighted by molar-refractivity contribution is 0.0903. The average Bonchev–Trinajstić information content (AvgIpc) is 2.59. The van der Waals surface area contributed by atoms with Gasteiger partial charge in [-0.05, 0) is 39.2 Å². The second kappa shape index (κ2) is 4.67. The maximum Gasteiger partial charge on any atom is 0.169 e. The van der Waals surface area contributed by atoms with E-state index in [1.54, 1.807) is 6.92 Å². The van der Waals surface area contributed by atoms with Crippen molar-refractivity contribution in [3.05, 3.63) is 22.5 Å². The normalized spacial score (nSPS) is 18.3. The Hall–Kier alpha value is -1.69. The molecule has 0 bridgehead atoms. The number of carbonyl (C=O) groups excluding carboxylic acids is 1. The van der Waals surface area contributed by atoms with E-state index < -0.39 is 0 Å². The van der Waals surface area contributed by atoms with Crippen LogP contribution in [0.2, 0.25) is 0 Å². The number of aromatic nitrogens is 1. The molecule has 0 aliphatic heterocycles. The number of hydrogen-bond acceptors (Lipinski definition) is 2. The molecule has 0 spiro atoms. The van der Waals surface area contributed by atoms with Gasteiger partial charge >= 0.3 is 0 Å². The fraction of sp³-hybridized carbons (Fsp3) is 0.500. The lowest BCUT2D eigenvalue weighted by Gasteiger charge is -2.20. The molecule has 1 aliphatic carbocycles. The van der Waals surface area contributed by atoms with E-state index in [1.165, 1.54) is 0 Å². The predicted octanol–water partition coefficient (Wildman–Crippen LogP) is 1.95. The Morgan fingerprint density at radius 1 is 1.47 bits per heavy atom. The zero-order valence-electron chi connectivity index (χ0n) is 10.6. The first-order valence-electron chi connectivity index (χ1n) is 6.02. The summed E-state index contributed by atoms with van der Waals surface area (Å²) in [5.74, 6) is 3.11. The van der Waals surface area contributed by atoms with Crippen molar-refractivity contribution in [3.63, 3.8) is 0 Å². The quantitative estimate of drug-likeness (QED) is 0.602. The molecule has 0 amide bonds. The summed E-state index contributed by atoms with van der Waals surface area (Å²) in [6, 6.07) is 2.80. The summed E-state index contributed by atoms with van der Waals surface area (Å²) in [4.78, 5) is 15.7. The largest absolute Gasteiger partial charge is 0.362 e. The van der Waals surface area contributed by atoms with Gasteiger partial charge in [0.25, 0.3) is 0 Å². The maximum absolute atomic E-state index is 12.3. The van der Waals surface area contributed by atoms with Gasteiger partial charge in [0.2, 0.25) is 0 Å². The van der Waals surface area contributed by atoms with Gasteiger partial charge in [-0.25, -0.2) is 0 Å². The van der Waals surface area contributed by atoms with Crippen LogP contribution in [0.3, 0.4) is 0 Å². The number of hydrogen-bond donors (Lipinski definition) is 2. The fourth-order valence-corrected chi connectivity index (χ4v) is 2.43. The Bertz CT molecular complexity index is 502. The van der Waals surface area contributed by atoms with E-state index in [1.807, 2.05) is 13.8 Å². The topological polar surface area (TPSA) is 44.9 Å². The molecule has 90 valence electrons. The highest BCUT2D eigenvalue weighted by molar-refractivity contribution is 6.01. The van der Waals surface area contributed by atoms with Crippen LogP contribution in [0.1, 0.15) is 40.7 Å². The smallest absolute Gasteiger partial charge is 0.169 e. The second-order valence-corrected chi connectivity index (χ2v) is 4.58. The molecule has 2 rings (SSSR count). The maximum atomic E-state index is 12.3. The molecular formula is C14H18N2O. The molecule has 1 heterocycles. The van der Waals surface area contributed by atoms with Crippen LogP contribution >= 0.6 is 0 Å². The summed E-state index contributed by atoms with van der Waals surface area (Å²) >= 11 is 0. The Balaban J connectivity index is 2.19. The summed E-state index contributed by atoms with van der Waals surface area (Å²) in [5, 5.41) is 3.00. The van der Waals surface area contributed by atoms with Gasteiger partial charge in [-0.2, -0.15) is 0 Å². The van der Waals surface area contributed by atoms with E-state index in [2.05, 4.69) is 22.3 Å². The molecule has 0 unspecified atom stereocenters. The standard InChI is InChI=1S/C14H18N2O/c1-4-7-15-8-11-5-6-12-13(14(11)17)9(2)10(3)16-12/h11,15-16H,5-6,8H2,1-3H3/t11-/m1/s1. The van der Waals surface area contributed by atoms with Gasteiger partial charge in [0.15, 0.2) is 5.78 Å². The summed E-state index contributed by atoms with van der Waals surface area (Å²) in [5.41, 5.74) is 4.26. The van der Waals surface area contributed by atoms with Crippen molar-refractivity contribution in [1.29, 1.82) is 0 Å². The van der Waals surface area contributed by atoms with E-state index >= 15 is 0 Å². The first-order chi connectivity index (χ1) is 8.15. The van der Waals surface area contributed by atoms with Crippen LogP contribution < -0.4 is 5.32 Å². The molecule has 3 heteroatoms. The molecule has 1 atom stereocenters. The summed E-state index contributed by atoms with van der Waals surface area (Å²) in [6.45, 7) is 6.48. The molecule has 1 aliphatic rings. The molecular weight excluding hydrogens is 212 g/mol. The van der Waals surface area contributed by atoms with Gasteiger partial charge in [0.05, 0.1) is 0 Å². The average molecular weight is 230 g/mol. The minimum atomic E-state index is 0.0669. The van der Waals surface area contributed by atoms with Crippen LogP contribution in [0.4, 0.5) is 0 Å². The van der Waals surface area contributed by atoms with Gasteiger partial charge < -0.3 is 10.3 Å². The highest BCUT2D eigenvalue weighted by Gasteiger charge is 2.30. The monoisotopic (exact) mass is 230 g/mol. The first-order valence-corrected chi connectivity index (χ1v) is 6.02. The molecule has 2 N–H and O–H groups in total. The molecule has 0 aromatic carbocycles. The van der Waals surface area contributed by atoms with Crippen molar-refractivity contribution in [2.45, 2.75) is 33.6 Å². The highest BCUT2D eigenvalue weighted by Crippen LogP contribution is 2.29. The van der Waals surface area contributed by atoms with E-state index in [9.17, 15) is 4.79 Å². The van der Waals surface area contributed by atoms with Crippen molar-refractivity contribution in [2.75, 3.05) is 6.54 Å². The van der Waals surface area contributed by atoms with E-state index in [0.717, 1.165) is 35.4 Å². The minimum absolute atomic E-state index is 0.0669. The first kappa shape index (κ1) is 11.8. The van der Waals surface area contributed by atoms with Gasteiger partial charge in [0, 0.05) is 35.5 Å². The van der Waals surface area contributed by atoms with Gasteiger partial charge in [-0.1, -0.05) is 5.92 Å². The Morgan fingerprint density at radius 3 is 2.94 bits per heavy atom. The third kappa shape index (κ3) is 2.08. The molecule has 0 saturated heterocycles. The summed E-state index contributed by atoms with van der Waals surface area (Å²) in [7, 11) is 0. The molecule has 3 nitrogen and oxygen atoms in total. The van der Waals surface area contributed by atoms with E-state index in [-0.39, 0.29) is 11.7 Å². The highest BCUT2D eigenvalue weighted by atomic mass is 16.1. The Kier molecular flexibility index (Phi) is 3.23. The zero-order valence-corrected chi connectivity index (χ0v) is 10.6. The third-order valence-corrected chi connectivity index (χ3v) is 3.50. The van der Waals surface area contributed by atoms with Crippen molar-refractivity contribution in [2.24, 2.45) is 5.92 Å². The van der Waals surface area contributed by atoms with Gasteiger partial charge in [0.1, 0.15) is 0 Å². The second-order valence-electron chi connectivity index (χ2n) is 4.58. The predicted molar refractivity (Wildman–Crippen MR) is 67.9 cm³/mol. The number of aryl methyl sites for hydroxylation is 2. The van der Waals surface area contributed by atoms with Crippen LogP contribution in [-0.4, -0.2) is 17.3 Å². The van der Waals surface area contributed by atoms with Crippen molar-refractivity contribution in [1.82, 2.24) is 10.3 Å². The summed E-state index contributed by atoms with van der Waals surface area (Å²) < 4.78 is 0. The number of fused-ring (bicyclic) bond motifs is 1. The molecule has 17 heavy (non-hydrogen) atoms. The number of nitrogens with one attached hydrogen (secondary N) is 2. The van der Waals surface area contributed by atoms with E-state index in [4.69, 9.17) is 0 Å². The Morgan fingerprint density at radius 2 is 2.24 bits per heavy atom.